The van der Waals surface area contributed by atoms with Crippen LogP contribution in [-0.2, 0) is 16.8 Å². The average molecular weight is 482 g/mol. The molecule has 4 rings (SSSR count). The molecule has 0 bridgehead atoms. The summed E-state index contributed by atoms with van der Waals surface area (Å²) in [6.45, 7) is 0.327. The molecular weight excluding hydrogens is 454 g/mol. The maximum Gasteiger partial charge on any atom is 0.323 e. The lowest BCUT2D eigenvalue weighted by Crippen LogP contribution is -2.37. The number of aliphatic carboxylic acids is 1. The van der Waals surface area contributed by atoms with Crippen LogP contribution in [0.15, 0.2) is 102 Å². The Bertz CT molecular complexity index is 1300. The largest absolute Gasteiger partial charge is 0.480 e. The molecule has 0 saturated carbocycles. The summed E-state index contributed by atoms with van der Waals surface area (Å²) in [5.41, 5.74) is 0.981. The maximum absolute atomic E-state index is 12.8. The van der Waals surface area contributed by atoms with Crippen molar-refractivity contribution in [1.29, 1.82) is 0 Å². The van der Waals surface area contributed by atoms with Crippen molar-refractivity contribution in [2.24, 2.45) is 0 Å². The third-order valence-corrected chi connectivity index (χ3v) is 5.95. The number of aromatic nitrogens is 2. The summed E-state index contributed by atoms with van der Waals surface area (Å²) in [4.78, 5) is 33.9. The van der Waals surface area contributed by atoms with E-state index in [0.717, 1.165) is 11.1 Å². The van der Waals surface area contributed by atoms with Gasteiger partial charge in [0.1, 0.15) is 6.26 Å². The third-order valence-electron chi connectivity index (χ3n) is 5.95. The highest BCUT2D eigenvalue weighted by molar-refractivity contribution is 5.92. The molecule has 0 fully saturated rings. The van der Waals surface area contributed by atoms with Crippen molar-refractivity contribution in [3.8, 4) is 0 Å². The highest BCUT2D eigenvalue weighted by Crippen LogP contribution is 2.37. The van der Waals surface area contributed by atoms with Gasteiger partial charge in [-0.05, 0) is 42.0 Å². The van der Waals surface area contributed by atoms with Gasteiger partial charge in [0, 0.05) is 18.9 Å². The van der Waals surface area contributed by atoms with Crippen molar-refractivity contribution in [2.45, 2.75) is 31.2 Å². The monoisotopic (exact) mass is 481 g/mol. The van der Waals surface area contributed by atoms with Crippen LogP contribution in [0.5, 0.6) is 0 Å². The Morgan fingerprint density at radius 2 is 1.75 bits per heavy atom. The molecule has 2 aromatic heterocycles. The molecule has 7 heteroatoms. The molecular formula is C29H27N3O4. The lowest BCUT2D eigenvalue weighted by atomic mass is 9.76. The molecule has 1 unspecified atom stereocenters. The normalized spacial score (nSPS) is 12.8. The quantitative estimate of drug-likeness (QED) is 0.283. The summed E-state index contributed by atoms with van der Waals surface area (Å²) < 4.78 is 5.67. The number of hydrogen-bond donors (Lipinski definition) is 2. The van der Waals surface area contributed by atoms with Crippen molar-refractivity contribution in [3.05, 3.63) is 126 Å². The fourth-order valence-corrected chi connectivity index (χ4v) is 4.04. The van der Waals surface area contributed by atoms with Gasteiger partial charge in [0.15, 0.2) is 11.1 Å². The number of carbonyl (C=O) groups excluding carboxylic acids is 1. The number of carboxylic acids is 1. The highest BCUT2D eigenvalue weighted by Gasteiger charge is 2.46. The minimum absolute atomic E-state index is 0.0118. The smallest absolute Gasteiger partial charge is 0.323 e. The molecule has 2 aromatic carbocycles. The fourth-order valence-electron chi connectivity index (χ4n) is 4.04. The van der Waals surface area contributed by atoms with Crippen LogP contribution in [0.2, 0.25) is 0 Å². The number of hydrogen-bond acceptors (Lipinski definition) is 5. The molecule has 4 aromatic rings. The Labute approximate surface area is 209 Å². The molecule has 1 atom stereocenters. The number of nitrogens with one attached hydrogen (secondary N) is 1. The molecule has 2 heterocycles. The van der Waals surface area contributed by atoms with E-state index in [-0.39, 0.29) is 18.0 Å². The number of pyridine rings is 1. The number of carbonyl (C=O) groups is 2. The minimum atomic E-state index is -1.53. The second-order valence-corrected chi connectivity index (χ2v) is 8.36. The standard InChI is InChI=1S/C29H27N3O4/c33-26(31-20-23-12-4-1-5-13-23)25-21-36-27(32-25)29(28(34)35,24-15-7-2-8-16-24)17-9-3-6-11-22-14-10-18-30-19-22/h1-2,4-8,10-16,18-19,21H,3,9,17,20H2,(H,31,33)(H,34,35). The topological polar surface area (TPSA) is 105 Å². The lowest BCUT2D eigenvalue weighted by Gasteiger charge is -2.26. The van der Waals surface area contributed by atoms with Gasteiger partial charge < -0.3 is 14.8 Å². The number of allylic oxidation sites excluding steroid dienone is 1. The molecule has 36 heavy (non-hydrogen) atoms. The molecule has 7 nitrogen and oxygen atoms in total. The molecule has 0 aliphatic carbocycles. The Kier molecular flexibility index (Phi) is 8.03. The van der Waals surface area contributed by atoms with Gasteiger partial charge in [-0.15, -0.1) is 0 Å². The van der Waals surface area contributed by atoms with Crippen LogP contribution in [0.1, 0.15) is 52.3 Å². The summed E-state index contributed by atoms with van der Waals surface area (Å²) >= 11 is 0. The summed E-state index contributed by atoms with van der Waals surface area (Å²) in [6, 6.07) is 22.2. The number of nitrogens with zero attached hydrogens (tertiary/aromatic N) is 2. The zero-order valence-electron chi connectivity index (χ0n) is 19.7. The van der Waals surface area contributed by atoms with Crippen LogP contribution >= 0.6 is 0 Å². The van der Waals surface area contributed by atoms with Crippen LogP contribution < -0.4 is 5.32 Å². The van der Waals surface area contributed by atoms with E-state index in [1.807, 2.05) is 60.7 Å². The fraction of sp³-hybridized carbons (Fsp3) is 0.172. The van der Waals surface area contributed by atoms with Gasteiger partial charge in [-0.25, -0.2) is 4.98 Å². The van der Waals surface area contributed by atoms with E-state index in [1.165, 1.54) is 6.26 Å². The number of rotatable bonds is 11. The van der Waals surface area contributed by atoms with Crippen LogP contribution in [0, 0.1) is 0 Å². The van der Waals surface area contributed by atoms with Crippen molar-refractivity contribution >= 4 is 18.0 Å². The van der Waals surface area contributed by atoms with E-state index in [4.69, 9.17) is 4.42 Å². The minimum Gasteiger partial charge on any atom is -0.480 e. The summed E-state index contributed by atoms with van der Waals surface area (Å²) in [7, 11) is 0. The van der Waals surface area contributed by atoms with Gasteiger partial charge in [0.05, 0.1) is 0 Å². The predicted molar refractivity (Wildman–Crippen MR) is 136 cm³/mol. The van der Waals surface area contributed by atoms with E-state index >= 15 is 0 Å². The van der Waals surface area contributed by atoms with E-state index in [0.29, 0.717) is 24.9 Å². The van der Waals surface area contributed by atoms with Gasteiger partial charge >= 0.3 is 5.97 Å². The summed E-state index contributed by atoms with van der Waals surface area (Å²) in [6.07, 6.45) is 10.1. The number of oxazole rings is 1. The van der Waals surface area contributed by atoms with Crippen molar-refractivity contribution in [1.82, 2.24) is 15.3 Å². The molecule has 0 saturated heterocycles. The maximum atomic E-state index is 12.8. The zero-order valence-corrected chi connectivity index (χ0v) is 19.7. The molecule has 1 amide bonds. The first-order chi connectivity index (χ1) is 17.6. The molecule has 2 N–H and O–H groups in total. The zero-order chi connectivity index (χ0) is 25.2. The van der Waals surface area contributed by atoms with E-state index < -0.39 is 17.3 Å². The molecule has 0 aliphatic rings. The van der Waals surface area contributed by atoms with Crippen LogP contribution in [0.3, 0.4) is 0 Å². The first-order valence-corrected chi connectivity index (χ1v) is 11.7. The Morgan fingerprint density at radius 3 is 2.44 bits per heavy atom. The first-order valence-electron chi connectivity index (χ1n) is 11.7. The summed E-state index contributed by atoms with van der Waals surface area (Å²) in [5.74, 6) is -1.52. The van der Waals surface area contributed by atoms with Gasteiger partial charge in [-0.3, -0.25) is 14.6 Å². The van der Waals surface area contributed by atoms with Crippen LogP contribution in [0.25, 0.3) is 6.08 Å². The number of amides is 1. The second kappa shape index (κ2) is 11.8. The SMILES string of the molecule is O=C(NCc1ccccc1)c1coc(C(CCCC=Cc2cccnc2)(C(=O)O)c2ccccc2)n1. The summed E-state index contributed by atoms with van der Waals surface area (Å²) in [5, 5.41) is 13.2. The van der Waals surface area contributed by atoms with Gasteiger partial charge in [-0.1, -0.05) is 78.9 Å². The van der Waals surface area contributed by atoms with E-state index in [2.05, 4.69) is 15.3 Å². The second-order valence-electron chi connectivity index (χ2n) is 8.36. The molecule has 0 radical (unpaired) electrons. The Balaban J connectivity index is 1.54. The van der Waals surface area contributed by atoms with E-state index in [1.54, 1.807) is 36.7 Å². The van der Waals surface area contributed by atoms with Gasteiger partial charge in [0.2, 0.25) is 5.89 Å². The van der Waals surface area contributed by atoms with Crippen molar-refractivity contribution in [2.75, 3.05) is 0 Å². The van der Waals surface area contributed by atoms with Crippen molar-refractivity contribution in [3.63, 3.8) is 0 Å². The number of carboxylic acid groups (broad SMARTS) is 1. The molecule has 182 valence electrons. The van der Waals surface area contributed by atoms with Crippen molar-refractivity contribution < 1.29 is 19.1 Å². The highest BCUT2D eigenvalue weighted by atomic mass is 16.4. The number of unbranched alkanes of at least 4 members (excludes halogenated alkanes) is 1. The Hall–Kier alpha value is -4.52. The lowest BCUT2D eigenvalue weighted by molar-refractivity contribution is -0.143. The van der Waals surface area contributed by atoms with Crippen LogP contribution in [-0.4, -0.2) is 27.0 Å². The first kappa shape index (κ1) is 24.6. The van der Waals surface area contributed by atoms with Gasteiger partial charge in [0.25, 0.3) is 5.91 Å². The Morgan fingerprint density at radius 1 is 1.00 bits per heavy atom. The van der Waals surface area contributed by atoms with E-state index in [9.17, 15) is 14.7 Å². The molecule has 0 spiro atoms. The number of benzene rings is 2. The third kappa shape index (κ3) is 5.75. The average Bonchev–Trinajstić information content (AvgIpc) is 3.42. The predicted octanol–water partition coefficient (Wildman–Crippen LogP) is 5.25. The molecule has 0 aliphatic heterocycles. The van der Waals surface area contributed by atoms with Gasteiger partial charge in [-0.2, -0.15) is 0 Å². The van der Waals surface area contributed by atoms with Crippen LogP contribution in [0.4, 0.5) is 0 Å².